The van der Waals surface area contributed by atoms with E-state index in [9.17, 15) is 14.4 Å². The monoisotopic (exact) mass is 494 g/mol. The van der Waals surface area contributed by atoms with E-state index < -0.39 is 24.4 Å². The Morgan fingerprint density at radius 3 is 2.32 bits per heavy atom. The molecule has 1 fully saturated rings. The molecular weight excluding hydrogens is 468 g/mol. The van der Waals surface area contributed by atoms with Gasteiger partial charge in [-0.2, -0.15) is 0 Å². The summed E-state index contributed by atoms with van der Waals surface area (Å²) in [5.41, 5.74) is 2.47. The van der Waals surface area contributed by atoms with Crippen molar-refractivity contribution in [2.24, 2.45) is 5.92 Å². The predicted octanol–water partition coefficient (Wildman–Crippen LogP) is 5.48. The highest BCUT2D eigenvalue weighted by Gasteiger charge is 2.36. The van der Waals surface area contributed by atoms with Gasteiger partial charge < -0.3 is 19.7 Å². The molecule has 0 radical (unpaired) electrons. The number of ether oxygens (including phenoxy) is 2. The zero-order valence-corrected chi connectivity index (χ0v) is 20.3. The fraction of sp³-hybridized carbons (Fsp3) is 0.167. The lowest BCUT2D eigenvalue weighted by Crippen LogP contribution is -2.28. The van der Waals surface area contributed by atoms with Crippen molar-refractivity contribution in [3.8, 4) is 11.5 Å². The summed E-state index contributed by atoms with van der Waals surface area (Å²) in [5, 5.41) is 4.69. The summed E-state index contributed by atoms with van der Waals surface area (Å²) >= 11 is 0. The van der Waals surface area contributed by atoms with Gasteiger partial charge in [0.1, 0.15) is 11.5 Å². The van der Waals surface area contributed by atoms with E-state index in [1.165, 1.54) is 0 Å². The number of hydrogen-bond acceptors (Lipinski definition) is 5. The van der Waals surface area contributed by atoms with Gasteiger partial charge in [-0.1, -0.05) is 54.1 Å². The van der Waals surface area contributed by atoms with Crippen molar-refractivity contribution < 1.29 is 23.9 Å². The van der Waals surface area contributed by atoms with Gasteiger partial charge in [-0.25, -0.2) is 0 Å². The van der Waals surface area contributed by atoms with Crippen LogP contribution in [-0.2, 0) is 19.1 Å². The Labute approximate surface area is 214 Å². The first-order valence-corrected chi connectivity index (χ1v) is 12.1. The van der Waals surface area contributed by atoms with Crippen molar-refractivity contribution in [2.45, 2.75) is 13.3 Å². The van der Waals surface area contributed by atoms with Crippen molar-refractivity contribution in [1.82, 2.24) is 0 Å². The Balaban J connectivity index is 1.14. The molecule has 1 heterocycles. The van der Waals surface area contributed by atoms with Crippen molar-refractivity contribution in [3.63, 3.8) is 0 Å². The fourth-order valence-corrected chi connectivity index (χ4v) is 4.33. The van der Waals surface area contributed by atoms with Crippen LogP contribution in [0.5, 0.6) is 11.5 Å². The Morgan fingerprint density at radius 2 is 1.57 bits per heavy atom. The van der Waals surface area contributed by atoms with Crippen LogP contribution in [0.25, 0.3) is 10.8 Å². The lowest BCUT2D eigenvalue weighted by molar-refractivity contribution is -0.151. The van der Waals surface area contributed by atoms with Gasteiger partial charge in [0.2, 0.25) is 5.91 Å². The highest BCUT2D eigenvalue weighted by Crippen LogP contribution is 2.29. The second kappa shape index (κ2) is 10.5. The third kappa shape index (κ3) is 5.62. The zero-order valence-electron chi connectivity index (χ0n) is 20.3. The number of amides is 2. The van der Waals surface area contributed by atoms with Crippen LogP contribution >= 0.6 is 0 Å². The fourth-order valence-electron chi connectivity index (χ4n) is 4.33. The zero-order chi connectivity index (χ0) is 25.8. The summed E-state index contributed by atoms with van der Waals surface area (Å²) in [6, 6.07) is 28.2. The summed E-state index contributed by atoms with van der Waals surface area (Å²) in [6.07, 6.45) is 0.0331. The molecule has 0 aromatic heterocycles. The molecule has 0 spiro atoms. The number of rotatable bonds is 7. The van der Waals surface area contributed by atoms with Gasteiger partial charge in [0, 0.05) is 29.7 Å². The molecular formula is C30H26N2O5. The molecule has 186 valence electrons. The minimum atomic E-state index is -0.638. The SMILES string of the molecule is Cc1ccc(Oc2ccc(N3C[C@@H](C(=O)OCC(=O)Nc4cccc5ccccc45)CC3=O)cc2)cc1. The third-order valence-corrected chi connectivity index (χ3v) is 6.27. The summed E-state index contributed by atoms with van der Waals surface area (Å²) in [5.74, 6) is -0.440. The Hall–Kier alpha value is -4.65. The van der Waals surface area contributed by atoms with Crippen LogP contribution in [-0.4, -0.2) is 30.9 Å². The van der Waals surface area contributed by atoms with Crippen molar-refractivity contribution in [1.29, 1.82) is 0 Å². The molecule has 0 bridgehead atoms. The molecule has 37 heavy (non-hydrogen) atoms. The number of aryl methyl sites for hydroxylation is 1. The maximum atomic E-state index is 12.6. The molecule has 0 aliphatic carbocycles. The van der Waals surface area contributed by atoms with E-state index in [1.807, 2.05) is 67.6 Å². The number of anilines is 2. The lowest BCUT2D eigenvalue weighted by Gasteiger charge is -2.17. The van der Waals surface area contributed by atoms with Gasteiger partial charge in [0.05, 0.1) is 5.92 Å². The largest absolute Gasteiger partial charge is 0.457 e. The number of carbonyl (C=O) groups is 3. The minimum absolute atomic E-state index is 0.0331. The lowest BCUT2D eigenvalue weighted by atomic mass is 10.1. The van der Waals surface area contributed by atoms with Crippen molar-refractivity contribution in [3.05, 3.63) is 96.6 Å². The first kappa shape index (κ1) is 24.1. The normalized spacial score (nSPS) is 15.0. The first-order chi connectivity index (χ1) is 18.0. The highest BCUT2D eigenvalue weighted by molar-refractivity contribution is 6.03. The Bertz CT molecular complexity index is 1440. The van der Waals surface area contributed by atoms with Crippen LogP contribution in [0.2, 0.25) is 0 Å². The average molecular weight is 495 g/mol. The smallest absolute Gasteiger partial charge is 0.311 e. The van der Waals surface area contributed by atoms with Gasteiger partial charge in [0.25, 0.3) is 5.91 Å². The molecule has 1 atom stereocenters. The number of esters is 1. The van der Waals surface area contributed by atoms with Gasteiger partial charge in [0.15, 0.2) is 6.61 Å². The van der Waals surface area contributed by atoms with Gasteiger partial charge >= 0.3 is 5.97 Å². The second-order valence-corrected chi connectivity index (χ2v) is 9.00. The number of carbonyl (C=O) groups excluding carboxylic acids is 3. The average Bonchev–Trinajstić information content (AvgIpc) is 3.31. The van der Waals surface area contributed by atoms with E-state index in [1.54, 1.807) is 35.2 Å². The summed E-state index contributed by atoms with van der Waals surface area (Å²) in [6.45, 7) is 1.79. The quantitative estimate of drug-likeness (QED) is 0.344. The van der Waals surface area contributed by atoms with E-state index in [0.717, 1.165) is 22.1 Å². The van der Waals surface area contributed by atoms with Crippen LogP contribution in [0.1, 0.15) is 12.0 Å². The van der Waals surface area contributed by atoms with Crippen molar-refractivity contribution in [2.75, 3.05) is 23.4 Å². The molecule has 1 aliphatic rings. The number of hydrogen-bond donors (Lipinski definition) is 1. The molecule has 2 amide bonds. The number of nitrogens with one attached hydrogen (secondary N) is 1. The second-order valence-electron chi connectivity index (χ2n) is 9.00. The third-order valence-electron chi connectivity index (χ3n) is 6.27. The first-order valence-electron chi connectivity index (χ1n) is 12.1. The molecule has 1 aliphatic heterocycles. The molecule has 1 saturated heterocycles. The molecule has 7 heteroatoms. The van der Waals surface area contributed by atoms with E-state index in [4.69, 9.17) is 9.47 Å². The molecule has 4 aromatic carbocycles. The number of fused-ring (bicyclic) bond motifs is 1. The minimum Gasteiger partial charge on any atom is -0.457 e. The van der Waals surface area contributed by atoms with E-state index in [2.05, 4.69) is 5.32 Å². The van der Waals surface area contributed by atoms with Crippen molar-refractivity contribution >= 4 is 39.9 Å². The molecule has 1 N–H and O–H groups in total. The van der Waals surface area contributed by atoms with Crippen LogP contribution in [0.3, 0.4) is 0 Å². The van der Waals surface area contributed by atoms with E-state index in [-0.39, 0.29) is 18.9 Å². The summed E-state index contributed by atoms with van der Waals surface area (Å²) in [4.78, 5) is 39.2. The molecule has 0 saturated carbocycles. The number of nitrogens with zero attached hydrogens (tertiary/aromatic N) is 1. The van der Waals surface area contributed by atoms with E-state index >= 15 is 0 Å². The standard InChI is InChI=1S/C30H26N2O5/c1-20-9-13-24(14-10-20)37-25-15-11-23(12-16-25)32-18-22(17-29(32)34)30(35)36-19-28(33)31-27-8-4-6-21-5-2-3-7-26(21)27/h2-16,22H,17-19H2,1H3,(H,31,33)/t22-/m0/s1. The van der Waals surface area contributed by atoms with Gasteiger partial charge in [-0.15, -0.1) is 0 Å². The van der Waals surface area contributed by atoms with Crippen LogP contribution in [0.4, 0.5) is 11.4 Å². The van der Waals surface area contributed by atoms with Gasteiger partial charge in [-0.05, 0) is 54.8 Å². The predicted molar refractivity (Wildman–Crippen MR) is 142 cm³/mol. The molecule has 4 aromatic rings. The summed E-state index contributed by atoms with van der Waals surface area (Å²) in [7, 11) is 0. The van der Waals surface area contributed by atoms with E-state index in [0.29, 0.717) is 17.1 Å². The van der Waals surface area contributed by atoms with Crippen LogP contribution < -0.4 is 15.0 Å². The topological polar surface area (TPSA) is 84.9 Å². The van der Waals surface area contributed by atoms with Gasteiger partial charge in [-0.3, -0.25) is 14.4 Å². The Kier molecular flexibility index (Phi) is 6.85. The number of benzene rings is 4. The van der Waals surface area contributed by atoms with Crippen LogP contribution in [0.15, 0.2) is 91.0 Å². The van der Waals surface area contributed by atoms with Crippen LogP contribution in [0, 0.1) is 12.8 Å². The Morgan fingerprint density at radius 1 is 0.892 bits per heavy atom. The highest BCUT2D eigenvalue weighted by atomic mass is 16.5. The molecule has 7 nitrogen and oxygen atoms in total. The maximum absolute atomic E-state index is 12.6. The summed E-state index contributed by atoms with van der Waals surface area (Å²) < 4.78 is 11.1. The molecule has 5 rings (SSSR count). The molecule has 0 unspecified atom stereocenters. The maximum Gasteiger partial charge on any atom is 0.311 e.